The van der Waals surface area contributed by atoms with Crippen LogP contribution in [0.15, 0.2) is 23.8 Å². The Hall–Kier alpha value is -2.78. The SMILES string of the molecule is CCCCN1C(=O)/C(=C\C=C\C2C(=O)N(CC)S(=O)(=O)N(CCCC)C2=O)C(=O)N(CC)S1(=O)=O.CCCC[N+](CCCC)(CCCC)CCCC. The van der Waals surface area contributed by atoms with Crippen LogP contribution in [0, 0.1) is 5.92 Å². The van der Waals surface area contributed by atoms with Crippen molar-refractivity contribution in [1.82, 2.24) is 17.2 Å². The first-order chi connectivity index (χ1) is 24.7. The van der Waals surface area contributed by atoms with Gasteiger partial charge in [-0.3, -0.25) is 19.2 Å². The summed E-state index contributed by atoms with van der Waals surface area (Å²) in [5, 5.41) is 0. The van der Waals surface area contributed by atoms with Crippen LogP contribution in [0.1, 0.15) is 132 Å². The Morgan fingerprint density at radius 3 is 1.29 bits per heavy atom. The van der Waals surface area contributed by atoms with Crippen molar-refractivity contribution in [3.63, 3.8) is 0 Å². The van der Waals surface area contributed by atoms with E-state index in [9.17, 15) is 36.0 Å². The number of allylic oxidation sites excluding steroid dienone is 2. The van der Waals surface area contributed by atoms with Gasteiger partial charge in [0.05, 0.1) is 26.2 Å². The predicted octanol–water partition coefficient (Wildman–Crippen LogP) is 5.56. The zero-order valence-corrected chi connectivity index (χ0v) is 34.9. The first-order valence-electron chi connectivity index (χ1n) is 19.7. The van der Waals surface area contributed by atoms with Crippen molar-refractivity contribution in [3.05, 3.63) is 23.8 Å². The summed E-state index contributed by atoms with van der Waals surface area (Å²) in [6, 6.07) is 0. The molecule has 13 nitrogen and oxygen atoms in total. The summed E-state index contributed by atoms with van der Waals surface area (Å²) in [5.74, 6) is -5.35. The molecular weight excluding hydrogens is 707 g/mol. The molecule has 52 heavy (non-hydrogen) atoms. The number of rotatable bonds is 22. The number of amides is 4. The molecule has 0 bridgehead atoms. The van der Waals surface area contributed by atoms with Crippen LogP contribution in [-0.2, 0) is 39.6 Å². The number of likely N-dealkylation sites (N-methyl/N-ethyl adjacent to an activating group) is 1. The van der Waals surface area contributed by atoms with E-state index >= 15 is 0 Å². The molecule has 1 atom stereocenters. The summed E-state index contributed by atoms with van der Waals surface area (Å²) in [6.45, 7) is 21.1. The van der Waals surface area contributed by atoms with Crippen LogP contribution >= 0.6 is 0 Å². The van der Waals surface area contributed by atoms with E-state index in [0.29, 0.717) is 42.9 Å². The first-order valence-corrected chi connectivity index (χ1v) is 22.5. The molecule has 0 radical (unpaired) electrons. The third-order valence-corrected chi connectivity index (χ3v) is 13.4. The van der Waals surface area contributed by atoms with E-state index in [1.165, 1.54) is 95.9 Å². The second-order valence-corrected chi connectivity index (χ2v) is 17.1. The number of hydrogen-bond donors (Lipinski definition) is 0. The molecule has 2 saturated heterocycles. The van der Waals surface area contributed by atoms with Crippen molar-refractivity contribution in [2.75, 3.05) is 52.4 Å². The number of carbonyl (C=O) groups excluding carboxylic acids is 4. The highest BCUT2D eigenvalue weighted by atomic mass is 32.2. The summed E-state index contributed by atoms with van der Waals surface area (Å²) >= 11 is 0. The quantitative estimate of drug-likeness (QED) is 0.0601. The van der Waals surface area contributed by atoms with Crippen molar-refractivity contribution in [1.29, 1.82) is 0 Å². The summed E-state index contributed by atoms with van der Waals surface area (Å²) in [6.07, 6.45) is 16.4. The summed E-state index contributed by atoms with van der Waals surface area (Å²) in [7, 11) is -8.60. The Labute approximate surface area is 315 Å². The van der Waals surface area contributed by atoms with E-state index in [4.69, 9.17) is 0 Å². The number of hydrogen-bond acceptors (Lipinski definition) is 8. The van der Waals surface area contributed by atoms with Crippen molar-refractivity contribution < 1.29 is 40.5 Å². The molecule has 2 aliphatic rings. The summed E-state index contributed by atoms with van der Waals surface area (Å²) < 4.78 is 54.7. The van der Waals surface area contributed by atoms with Crippen LogP contribution in [0.25, 0.3) is 0 Å². The molecular formula is C37H68N5O8S2+. The lowest BCUT2D eigenvalue weighted by Gasteiger charge is -2.39. The average molecular weight is 775 g/mol. The highest BCUT2D eigenvalue weighted by Crippen LogP contribution is 2.26. The Morgan fingerprint density at radius 2 is 0.885 bits per heavy atom. The normalized spacial score (nSPS) is 19.9. The lowest BCUT2D eigenvalue weighted by Crippen LogP contribution is -2.59. The van der Waals surface area contributed by atoms with Crippen LogP contribution in [0.5, 0.6) is 0 Å². The average Bonchev–Trinajstić information content (AvgIpc) is 3.10. The molecule has 0 saturated carbocycles. The molecule has 2 fully saturated rings. The fourth-order valence-corrected chi connectivity index (χ4v) is 9.48. The van der Waals surface area contributed by atoms with Crippen LogP contribution < -0.4 is 0 Å². The molecule has 2 heterocycles. The molecule has 300 valence electrons. The minimum atomic E-state index is -4.31. The van der Waals surface area contributed by atoms with Crippen molar-refractivity contribution in [2.45, 2.75) is 132 Å². The number of nitrogens with zero attached hydrogens (tertiary/aromatic N) is 5. The smallest absolute Gasteiger partial charge is 0.324 e. The Morgan fingerprint density at radius 1 is 0.519 bits per heavy atom. The third-order valence-electron chi connectivity index (χ3n) is 9.57. The van der Waals surface area contributed by atoms with Gasteiger partial charge in [0, 0.05) is 26.2 Å². The van der Waals surface area contributed by atoms with Gasteiger partial charge >= 0.3 is 20.4 Å². The molecule has 1 unspecified atom stereocenters. The Kier molecular flexibility index (Phi) is 21.0. The predicted molar refractivity (Wildman–Crippen MR) is 206 cm³/mol. The van der Waals surface area contributed by atoms with E-state index in [2.05, 4.69) is 27.7 Å². The van der Waals surface area contributed by atoms with Gasteiger partial charge in [-0.2, -0.15) is 16.8 Å². The first kappa shape index (κ1) is 47.2. The van der Waals surface area contributed by atoms with Gasteiger partial charge in [0.15, 0.2) is 0 Å². The third kappa shape index (κ3) is 12.1. The van der Waals surface area contributed by atoms with Gasteiger partial charge in [-0.25, -0.2) is 17.2 Å². The molecule has 0 aromatic carbocycles. The maximum Gasteiger partial charge on any atom is 0.331 e. The van der Waals surface area contributed by atoms with Crippen LogP contribution in [0.3, 0.4) is 0 Å². The maximum atomic E-state index is 12.9. The number of unbranched alkanes of at least 4 members (excludes halogenated alkanes) is 6. The fourth-order valence-electron chi connectivity index (χ4n) is 6.34. The molecule has 0 aromatic heterocycles. The summed E-state index contributed by atoms with van der Waals surface area (Å²) in [4.78, 5) is 51.2. The number of carbonyl (C=O) groups is 4. The molecule has 0 aromatic rings. The fraction of sp³-hybridized carbons (Fsp3) is 0.784. The lowest BCUT2D eigenvalue weighted by atomic mass is 10.1. The lowest BCUT2D eigenvalue weighted by molar-refractivity contribution is -0.929. The van der Waals surface area contributed by atoms with Crippen molar-refractivity contribution in [2.24, 2.45) is 5.92 Å². The topological polar surface area (TPSA) is 150 Å². The van der Waals surface area contributed by atoms with E-state index in [-0.39, 0.29) is 26.2 Å². The van der Waals surface area contributed by atoms with E-state index in [0.717, 1.165) is 18.2 Å². The zero-order valence-electron chi connectivity index (χ0n) is 33.3. The molecule has 0 spiro atoms. The Bertz CT molecular complexity index is 1410. The van der Waals surface area contributed by atoms with Crippen LogP contribution in [-0.4, -0.2) is 115 Å². The van der Waals surface area contributed by atoms with Crippen LogP contribution in [0.2, 0.25) is 0 Å². The monoisotopic (exact) mass is 774 g/mol. The van der Waals surface area contributed by atoms with Gasteiger partial charge in [0.1, 0.15) is 11.5 Å². The molecule has 4 amide bonds. The van der Waals surface area contributed by atoms with E-state index in [1.807, 2.05) is 13.8 Å². The minimum absolute atomic E-state index is 0.0838. The van der Waals surface area contributed by atoms with Crippen LogP contribution in [0.4, 0.5) is 0 Å². The molecule has 2 rings (SSSR count). The zero-order chi connectivity index (χ0) is 39.5. The minimum Gasteiger partial charge on any atom is -0.324 e. The van der Waals surface area contributed by atoms with Gasteiger partial charge in [0.25, 0.3) is 23.6 Å². The maximum absolute atomic E-state index is 12.9. The highest BCUT2D eigenvalue weighted by molar-refractivity contribution is 7.88. The summed E-state index contributed by atoms with van der Waals surface area (Å²) in [5.41, 5.74) is -0.437. The van der Waals surface area contributed by atoms with E-state index < -0.39 is 55.5 Å². The molecule has 2 aliphatic heterocycles. The number of quaternary nitrogens is 1. The van der Waals surface area contributed by atoms with Gasteiger partial charge in [-0.15, -0.1) is 0 Å². The second kappa shape index (κ2) is 23.1. The molecule has 0 N–H and O–H groups in total. The standard InChI is InChI=1S/C21H32N4O8S2.C16H36N/c1-5-9-14-24-20(28)16(18(26)22(7-3)34(24,30)31)12-11-13-17-19(27)23(8-4)35(32,33)25(21(17)29)15-10-6-2;1-5-9-13-17(14-10-6-2,15-11-7-3)16-12-8-4/h11-13,16H,5-10,14-15H2,1-4H3;5-16H2,1-4H3/q;+1/b12-11+,17-13-;. The Balaban J connectivity index is 0.000000669. The van der Waals surface area contributed by atoms with Gasteiger partial charge in [-0.1, -0.05) is 92.2 Å². The van der Waals surface area contributed by atoms with E-state index in [1.54, 1.807) is 0 Å². The van der Waals surface area contributed by atoms with Gasteiger partial charge in [0.2, 0.25) is 0 Å². The highest BCUT2D eigenvalue weighted by Gasteiger charge is 2.48. The second-order valence-electron chi connectivity index (χ2n) is 13.6. The van der Waals surface area contributed by atoms with Crippen molar-refractivity contribution in [3.8, 4) is 0 Å². The van der Waals surface area contributed by atoms with Gasteiger partial charge in [-0.05, 0) is 58.4 Å². The van der Waals surface area contributed by atoms with Gasteiger partial charge < -0.3 is 4.48 Å². The largest absolute Gasteiger partial charge is 0.331 e. The molecule has 0 aliphatic carbocycles. The molecule has 15 heteroatoms. The van der Waals surface area contributed by atoms with Crippen molar-refractivity contribution >= 4 is 44.0 Å².